The summed E-state index contributed by atoms with van der Waals surface area (Å²) in [5, 5.41) is 3.86. The zero-order chi connectivity index (χ0) is 14.8. The van der Waals surface area contributed by atoms with Crippen LogP contribution in [-0.4, -0.2) is 13.6 Å². The summed E-state index contributed by atoms with van der Waals surface area (Å²) in [6, 6.07) is 6.31. The average molecular weight is 316 g/mol. The van der Waals surface area contributed by atoms with Crippen LogP contribution in [-0.2, 0) is 23.1 Å². The molecule has 0 fully saturated rings. The first-order valence-corrected chi connectivity index (χ1v) is 7.69. The summed E-state index contributed by atoms with van der Waals surface area (Å²) in [4.78, 5) is 0.00216. The van der Waals surface area contributed by atoms with Gasteiger partial charge in [0, 0.05) is 12.6 Å². The first-order valence-electron chi connectivity index (χ1n) is 5.83. The number of halogens is 1. The third kappa shape index (κ3) is 3.37. The van der Waals surface area contributed by atoms with Crippen molar-refractivity contribution in [2.24, 2.45) is 5.73 Å². The van der Waals surface area contributed by atoms with Crippen molar-refractivity contribution in [3.05, 3.63) is 46.3 Å². The molecule has 0 unspecified atom stereocenters. The minimum atomic E-state index is -3.73. The maximum atomic E-state index is 12.2. The van der Waals surface area contributed by atoms with Crippen LogP contribution in [0.15, 0.2) is 33.7 Å². The quantitative estimate of drug-likeness (QED) is 0.872. The number of benzene rings is 1. The molecule has 20 heavy (non-hydrogen) atoms. The lowest BCUT2D eigenvalue weighted by Crippen LogP contribution is -2.24. The van der Waals surface area contributed by atoms with Gasteiger partial charge in [0.25, 0.3) is 0 Å². The molecule has 108 valence electrons. The van der Waals surface area contributed by atoms with E-state index in [4.69, 9.17) is 21.9 Å². The van der Waals surface area contributed by atoms with Crippen molar-refractivity contribution in [3.63, 3.8) is 0 Å². The molecular formula is C12H14ClN3O3S. The topological polar surface area (TPSA) is 98.2 Å². The van der Waals surface area contributed by atoms with Gasteiger partial charge in [-0.15, -0.1) is 0 Å². The van der Waals surface area contributed by atoms with E-state index in [0.29, 0.717) is 17.0 Å². The van der Waals surface area contributed by atoms with Crippen LogP contribution in [0.4, 0.5) is 0 Å². The number of nitrogens with two attached hydrogens (primary N) is 1. The monoisotopic (exact) mass is 315 g/mol. The van der Waals surface area contributed by atoms with E-state index in [0.717, 1.165) is 0 Å². The molecule has 8 heteroatoms. The Hall–Kier alpha value is -1.41. The van der Waals surface area contributed by atoms with Gasteiger partial charge in [-0.05, 0) is 24.6 Å². The van der Waals surface area contributed by atoms with Crippen molar-refractivity contribution in [3.8, 4) is 0 Å². The maximum Gasteiger partial charge on any atom is 0.242 e. The number of aryl methyl sites for hydroxylation is 1. The molecule has 0 radical (unpaired) electrons. The molecule has 1 aromatic carbocycles. The standard InChI is InChI=1S/C12H14ClN3O3S/c1-8-4-10(16-19-8)7-15-20(17,18)12-5-9(6-14)2-3-11(12)13/h2-5,15H,6-7,14H2,1H3. The molecule has 1 heterocycles. The van der Waals surface area contributed by atoms with Gasteiger partial charge in [0.15, 0.2) is 0 Å². The number of sulfonamides is 1. The number of hydrogen-bond acceptors (Lipinski definition) is 5. The molecule has 0 aliphatic carbocycles. The molecule has 0 amide bonds. The highest BCUT2D eigenvalue weighted by molar-refractivity contribution is 7.89. The Kier molecular flexibility index (Phi) is 4.44. The van der Waals surface area contributed by atoms with Crippen LogP contribution in [0, 0.1) is 6.92 Å². The van der Waals surface area contributed by atoms with E-state index in [2.05, 4.69) is 9.88 Å². The number of hydrogen-bond donors (Lipinski definition) is 2. The van der Waals surface area contributed by atoms with Crippen LogP contribution in [0.25, 0.3) is 0 Å². The Morgan fingerprint density at radius 3 is 2.75 bits per heavy atom. The van der Waals surface area contributed by atoms with Crippen molar-refractivity contribution in [1.29, 1.82) is 0 Å². The Morgan fingerprint density at radius 1 is 1.40 bits per heavy atom. The zero-order valence-electron chi connectivity index (χ0n) is 10.8. The van der Waals surface area contributed by atoms with Gasteiger partial charge in [-0.3, -0.25) is 0 Å². The van der Waals surface area contributed by atoms with E-state index in [1.165, 1.54) is 12.1 Å². The fraction of sp³-hybridized carbons (Fsp3) is 0.250. The Bertz CT molecular complexity index is 712. The van der Waals surface area contributed by atoms with Crippen molar-refractivity contribution in [2.45, 2.75) is 24.9 Å². The Balaban J connectivity index is 2.21. The molecular weight excluding hydrogens is 302 g/mol. The minimum Gasteiger partial charge on any atom is -0.361 e. The predicted octanol–water partition coefficient (Wildman–Crippen LogP) is 1.57. The first kappa shape index (κ1) is 15.0. The largest absolute Gasteiger partial charge is 0.361 e. The molecule has 0 atom stereocenters. The first-order chi connectivity index (χ1) is 9.42. The van der Waals surface area contributed by atoms with Crippen molar-refractivity contribution < 1.29 is 12.9 Å². The SMILES string of the molecule is Cc1cc(CNS(=O)(=O)c2cc(CN)ccc2Cl)no1. The van der Waals surface area contributed by atoms with Gasteiger partial charge in [0.05, 0.1) is 17.3 Å². The van der Waals surface area contributed by atoms with Gasteiger partial charge in [0.1, 0.15) is 10.7 Å². The lowest BCUT2D eigenvalue weighted by molar-refractivity contribution is 0.390. The third-order valence-corrected chi connectivity index (χ3v) is 4.52. The van der Waals surface area contributed by atoms with Gasteiger partial charge in [0.2, 0.25) is 10.0 Å². The summed E-state index contributed by atoms with van der Waals surface area (Å²) in [6.45, 7) is 2.00. The lowest BCUT2D eigenvalue weighted by atomic mass is 10.2. The molecule has 0 spiro atoms. The molecule has 6 nitrogen and oxygen atoms in total. The van der Waals surface area contributed by atoms with E-state index < -0.39 is 10.0 Å². The van der Waals surface area contributed by atoms with Crippen LogP contribution in [0.2, 0.25) is 5.02 Å². The molecule has 2 rings (SSSR count). The summed E-state index contributed by atoms with van der Waals surface area (Å²) in [5.41, 5.74) is 6.68. The van der Waals surface area contributed by atoms with Gasteiger partial charge in [-0.1, -0.05) is 22.8 Å². The summed E-state index contributed by atoms with van der Waals surface area (Å²) < 4.78 is 31.7. The normalized spacial score (nSPS) is 11.8. The number of rotatable bonds is 5. The van der Waals surface area contributed by atoms with E-state index in [1.807, 2.05) is 0 Å². The fourth-order valence-electron chi connectivity index (χ4n) is 1.63. The molecule has 0 saturated carbocycles. The molecule has 3 N–H and O–H groups in total. The predicted molar refractivity (Wildman–Crippen MR) is 74.6 cm³/mol. The second-order valence-electron chi connectivity index (χ2n) is 4.22. The lowest BCUT2D eigenvalue weighted by Gasteiger charge is -2.08. The molecule has 0 aliphatic rings. The van der Waals surface area contributed by atoms with Crippen LogP contribution >= 0.6 is 11.6 Å². The summed E-state index contributed by atoms with van der Waals surface area (Å²) in [7, 11) is -3.73. The second kappa shape index (κ2) is 5.92. The zero-order valence-corrected chi connectivity index (χ0v) is 12.3. The van der Waals surface area contributed by atoms with E-state index in [-0.39, 0.29) is 23.0 Å². The van der Waals surface area contributed by atoms with Crippen LogP contribution in [0.1, 0.15) is 17.0 Å². The van der Waals surface area contributed by atoms with Gasteiger partial charge < -0.3 is 10.3 Å². The molecule has 2 aromatic rings. The Morgan fingerprint density at radius 2 is 2.15 bits per heavy atom. The molecule has 0 bridgehead atoms. The summed E-state index contributed by atoms with van der Waals surface area (Å²) in [6.07, 6.45) is 0. The number of aromatic nitrogens is 1. The van der Waals surface area contributed by atoms with Gasteiger partial charge in [-0.2, -0.15) is 0 Å². The van der Waals surface area contributed by atoms with Gasteiger partial charge in [-0.25, -0.2) is 13.1 Å². The highest BCUT2D eigenvalue weighted by Gasteiger charge is 2.18. The minimum absolute atomic E-state index is 0.00216. The van der Waals surface area contributed by atoms with Gasteiger partial charge >= 0.3 is 0 Å². The van der Waals surface area contributed by atoms with E-state index in [9.17, 15) is 8.42 Å². The van der Waals surface area contributed by atoms with Crippen molar-refractivity contribution in [2.75, 3.05) is 0 Å². The van der Waals surface area contributed by atoms with E-state index >= 15 is 0 Å². The molecule has 0 aliphatic heterocycles. The fourth-order valence-corrected chi connectivity index (χ4v) is 3.18. The summed E-state index contributed by atoms with van der Waals surface area (Å²) in [5.74, 6) is 0.613. The number of nitrogens with zero attached hydrogens (tertiary/aromatic N) is 1. The van der Waals surface area contributed by atoms with E-state index in [1.54, 1.807) is 19.1 Å². The molecule has 1 aromatic heterocycles. The van der Waals surface area contributed by atoms with Crippen LogP contribution < -0.4 is 10.5 Å². The van der Waals surface area contributed by atoms with Crippen molar-refractivity contribution in [1.82, 2.24) is 9.88 Å². The highest BCUT2D eigenvalue weighted by atomic mass is 35.5. The van der Waals surface area contributed by atoms with Crippen LogP contribution in [0.5, 0.6) is 0 Å². The molecule has 0 saturated heterocycles. The van der Waals surface area contributed by atoms with Crippen molar-refractivity contribution >= 4 is 21.6 Å². The smallest absolute Gasteiger partial charge is 0.242 e. The third-order valence-electron chi connectivity index (χ3n) is 2.64. The second-order valence-corrected chi connectivity index (χ2v) is 6.36. The van der Waals surface area contributed by atoms with Crippen LogP contribution in [0.3, 0.4) is 0 Å². The summed E-state index contributed by atoms with van der Waals surface area (Å²) >= 11 is 5.93. The average Bonchev–Trinajstić information content (AvgIpc) is 2.83. The number of nitrogens with one attached hydrogen (secondary N) is 1. The Labute approximate surface area is 122 Å². The maximum absolute atomic E-state index is 12.2. The highest BCUT2D eigenvalue weighted by Crippen LogP contribution is 2.22.